The zero-order valence-corrected chi connectivity index (χ0v) is 14.4. The molecule has 6 heteroatoms. The van der Waals surface area contributed by atoms with Gasteiger partial charge in [0.15, 0.2) is 5.88 Å². The normalized spacial score (nSPS) is 10.9. The van der Waals surface area contributed by atoms with Gasteiger partial charge in [0.2, 0.25) is 0 Å². The highest BCUT2D eigenvalue weighted by atomic mass is 16.5. The van der Waals surface area contributed by atoms with E-state index in [1.54, 1.807) is 12.1 Å². The number of H-pyrrole nitrogens is 1. The van der Waals surface area contributed by atoms with Gasteiger partial charge in [0.1, 0.15) is 5.82 Å². The number of aromatic amines is 1. The summed E-state index contributed by atoms with van der Waals surface area (Å²) in [5.74, 6) is 1.21. The molecule has 2 aromatic heterocycles. The molecule has 0 bridgehead atoms. The Morgan fingerprint density at radius 2 is 1.87 bits per heavy atom. The van der Waals surface area contributed by atoms with Gasteiger partial charge in [0, 0.05) is 6.04 Å². The van der Waals surface area contributed by atoms with E-state index in [-0.39, 0.29) is 5.56 Å². The standard InChI is InChI=1S/C17H24N4O2/c1-6-12(7-2)20-16-11(4)18-15(10(3)19-16)13-8-9-14(23-5)21-17(13)22/h8-9,12H,6-7H2,1-5H3,(H,19,20)(H,21,22). The minimum absolute atomic E-state index is 0.234. The van der Waals surface area contributed by atoms with E-state index in [0.29, 0.717) is 23.2 Å². The van der Waals surface area contributed by atoms with E-state index in [0.717, 1.165) is 30.0 Å². The van der Waals surface area contributed by atoms with Crippen LogP contribution in [0.2, 0.25) is 0 Å². The molecule has 0 aromatic carbocycles. The van der Waals surface area contributed by atoms with Crippen LogP contribution in [0.4, 0.5) is 5.82 Å². The molecule has 0 aliphatic heterocycles. The first kappa shape index (κ1) is 17.0. The fourth-order valence-corrected chi connectivity index (χ4v) is 2.44. The Kier molecular flexibility index (Phi) is 5.36. The van der Waals surface area contributed by atoms with E-state index >= 15 is 0 Å². The van der Waals surface area contributed by atoms with Crippen molar-refractivity contribution in [3.8, 4) is 17.1 Å². The molecular formula is C17H24N4O2. The lowest BCUT2D eigenvalue weighted by atomic mass is 10.1. The summed E-state index contributed by atoms with van der Waals surface area (Å²) in [7, 11) is 1.51. The number of hydrogen-bond acceptors (Lipinski definition) is 5. The molecule has 0 saturated heterocycles. The smallest absolute Gasteiger partial charge is 0.260 e. The van der Waals surface area contributed by atoms with E-state index < -0.39 is 0 Å². The van der Waals surface area contributed by atoms with Gasteiger partial charge in [0.05, 0.1) is 29.8 Å². The number of anilines is 1. The second-order valence-corrected chi connectivity index (χ2v) is 5.52. The second-order valence-electron chi connectivity index (χ2n) is 5.52. The van der Waals surface area contributed by atoms with Gasteiger partial charge in [-0.3, -0.25) is 9.78 Å². The minimum atomic E-state index is -0.234. The molecule has 0 spiro atoms. The largest absolute Gasteiger partial charge is 0.482 e. The number of pyridine rings is 1. The first-order valence-corrected chi connectivity index (χ1v) is 7.89. The third-order valence-corrected chi connectivity index (χ3v) is 3.93. The molecule has 0 saturated carbocycles. The van der Waals surface area contributed by atoms with E-state index in [2.05, 4.69) is 34.1 Å². The van der Waals surface area contributed by atoms with E-state index in [9.17, 15) is 4.79 Å². The number of ether oxygens (including phenoxy) is 1. The van der Waals surface area contributed by atoms with Crippen molar-refractivity contribution in [2.75, 3.05) is 12.4 Å². The average molecular weight is 316 g/mol. The van der Waals surface area contributed by atoms with Crippen LogP contribution in [-0.2, 0) is 0 Å². The predicted molar refractivity (Wildman–Crippen MR) is 92.1 cm³/mol. The van der Waals surface area contributed by atoms with Gasteiger partial charge in [-0.15, -0.1) is 0 Å². The van der Waals surface area contributed by atoms with Crippen LogP contribution >= 0.6 is 0 Å². The third-order valence-electron chi connectivity index (χ3n) is 3.93. The van der Waals surface area contributed by atoms with Gasteiger partial charge in [0.25, 0.3) is 5.56 Å². The molecule has 2 heterocycles. The molecule has 2 aromatic rings. The van der Waals surface area contributed by atoms with Crippen molar-refractivity contribution in [3.05, 3.63) is 33.9 Å². The maximum atomic E-state index is 12.2. The van der Waals surface area contributed by atoms with Crippen LogP contribution in [0.15, 0.2) is 16.9 Å². The molecule has 0 atom stereocenters. The van der Waals surface area contributed by atoms with Crippen molar-refractivity contribution in [1.29, 1.82) is 0 Å². The second kappa shape index (κ2) is 7.26. The van der Waals surface area contributed by atoms with Crippen LogP contribution in [-0.4, -0.2) is 28.1 Å². The van der Waals surface area contributed by atoms with Gasteiger partial charge in [-0.1, -0.05) is 13.8 Å². The summed E-state index contributed by atoms with van der Waals surface area (Å²) in [5.41, 5.74) is 2.36. The number of methoxy groups -OCH3 is 1. The molecule has 124 valence electrons. The topological polar surface area (TPSA) is 79.9 Å². The monoisotopic (exact) mass is 316 g/mol. The number of nitrogens with zero attached hydrogens (tertiary/aromatic N) is 2. The summed E-state index contributed by atoms with van der Waals surface area (Å²) < 4.78 is 5.03. The van der Waals surface area contributed by atoms with Crippen molar-refractivity contribution in [2.24, 2.45) is 0 Å². The van der Waals surface area contributed by atoms with E-state index in [1.807, 2.05) is 13.8 Å². The summed E-state index contributed by atoms with van der Waals surface area (Å²) in [6, 6.07) is 3.80. The number of rotatable bonds is 6. The summed E-state index contributed by atoms with van der Waals surface area (Å²) in [5, 5.41) is 3.42. The fraction of sp³-hybridized carbons (Fsp3) is 0.471. The molecule has 23 heavy (non-hydrogen) atoms. The molecule has 0 aliphatic rings. The Morgan fingerprint density at radius 1 is 1.17 bits per heavy atom. The first-order valence-electron chi connectivity index (χ1n) is 7.89. The lowest BCUT2D eigenvalue weighted by molar-refractivity contribution is 0.397. The third kappa shape index (κ3) is 3.70. The quantitative estimate of drug-likeness (QED) is 0.856. The Bertz CT molecular complexity index is 736. The number of aryl methyl sites for hydroxylation is 2. The Balaban J connectivity index is 2.42. The van der Waals surface area contributed by atoms with Crippen molar-refractivity contribution in [3.63, 3.8) is 0 Å². The van der Waals surface area contributed by atoms with Gasteiger partial charge in [-0.25, -0.2) is 9.97 Å². The zero-order valence-electron chi connectivity index (χ0n) is 14.4. The van der Waals surface area contributed by atoms with Crippen LogP contribution in [0.5, 0.6) is 5.88 Å². The maximum Gasteiger partial charge on any atom is 0.260 e. The van der Waals surface area contributed by atoms with Crippen molar-refractivity contribution >= 4 is 5.82 Å². The summed E-state index contributed by atoms with van der Waals surface area (Å²) in [6.45, 7) is 8.05. The Labute approximate surface area is 136 Å². The van der Waals surface area contributed by atoms with Crippen LogP contribution in [0.1, 0.15) is 38.1 Å². The lowest BCUT2D eigenvalue weighted by Gasteiger charge is -2.18. The fourth-order valence-electron chi connectivity index (χ4n) is 2.44. The van der Waals surface area contributed by atoms with Crippen LogP contribution in [0.25, 0.3) is 11.3 Å². The van der Waals surface area contributed by atoms with Gasteiger partial charge in [-0.2, -0.15) is 0 Å². The lowest BCUT2D eigenvalue weighted by Crippen LogP contribution is -2.20. The highest BCUT2D eigenvalue weighted by Crippen LogP contribution is 2.22. The maximum absolute atomic E-state index is 12.2. The Morgan fingerprint density at radius 3 is 2.43 bits per heavy atom. The predicted octanol–water partition coefficient (Wildman–Crippen LogP) is 3.06. The molecule has 6 nitrogen and oxygen atoms in total. The van der Waals surface area contributed by atoms with Crippen LogP contribution in [0.3, 0.4) is 0 Å². The molecule has 0 fully saturated rings. The Hall–Kier alpha value is -2.37. The van der Waals surface area contributed by atoms with Crippen LogP contribution in [0, 0.1) is 13.8 Å². The summed E-state index contributed by atoms with van der Waals surface area (Å²) in [4.78, 5) is 24.1. The van der Waals surface area contributed by atoms with Crippen LogP contribution < -0.4 is 15.6 Å². The summed E-state index contributed by atoms with van der Waals surface area (Å²) >= 11 is 0. The molecule has 0 unspecified atom stereocenters. The highest BCUT2D eigenvalue weighted by molar-refractivity contribution is 5.62. The molecular weight excluding hydrogens is 292 g/mol. The zero-order chi connectivity index (χ0) is 17.0. The molecule has 2 rings (SSSR count). The molecule has 0 radical (unpaired) electrons. The van der Waals surface area contributed by atoms with Crippen molar-refractivity contribution in [1.82, 2.24) is 15.0 Å². The van der Waals surface area contributed by atoms with E-state index in [1.165, 1.54) is 7.11 Å². The first-order chi connectivity index (χ1) is 11.0. The molecule has 0 amide bonds. The van der Waals surface area contributed by atoms with E-state index in [4.69, 9.17) is 4.74 Å². The SMILES string of the molecule is CCC(CC)Nc1nc(C)c(-c2ccc(OC)[nH]c2=O)nc1C. The van der Waals surface area contributed by atoms with Gasteiger partial charge < -0.3 is 10.1 Å². The van der Waals surface area contributed by atoms with Crippen molar-refractivity contribution in [2.45, 2.75) is 46.6 Å². The molecule has 2 N–H and O–H groups in total. The van der Waals surface area contributed by atoms with Crippen molar-refractivity contribution < 1.29 is 4.74 Å². The average Bonchev–Trinajstić information content (AvgIpc) is 2.55. The molecule has 0 aliphatic carbocycles. The van der Waals surface area contributed by atoms with Gasteiger partial charge >= 0.3 is 0 Å². The summed E-state index contributed by atoms with van der Waals surface area (Å²) in [6.07, 6.45) is 2.05. The van der Waals surface area contributed by atoms with Gasteiger partial charge in [-0.05, 0) is 38.8 Å². The highest BCUT2D eigenvalue weighted by Gasteiger charge is 2.15. The number of aromatic nitrogens is 3. The minimum Gasteiger partial charge on any atom is -0.482 e. The number of hydrogen-bond donors (Lipinski definition) is 2. The number of nitrogens with one attached hydrogen (secondary N) is 2.